The SMILES string of the molecule is O=CCc1c([O-])on[n+]1-c1ccccc1. The van der Waals surface area contributed by atoms with Crippen molar-refractivity contribution >= 4 is 6.29 Å². The van der Waals surface area contributed by atoms with Crippen LogP contribution >= 0.6 is 0 Å². The molecular formula is C10H8N2O3. The Morgan fingerprint density at radius 3 is 2.80 bits per heavy atom. The lowest BCUT2D eigenvalue weighted by Crippen LogP contribution is -2.36. The number of hydrogen-bond acceptors (Lipinski definition) is 4. The van der Waals surface area contributed by atoms with Crippen molar-refractivity contribution < 1.29 is 19.1 Å². The highest BCUT2D eigenvalue weighted by molar-refractivity contribution is 5.53. The summed E-state index contributed by atoms with van der Waals surface area (Å²) in [5.74, 6) is -0.578. The summed E-state index contributed by atoms with van der Waals surface area (Å²) >= 11 is 0. The van der Waals surface area contributed by atoms with Crippen LogP contribution < -0.4 is 9.79 Å². The lowest BCUT2D eigenvalue weighted by molar-refractivity contribution is -0.676. The zero-order chi connectivity index (χ0) is 10.7. The summed E-state index contributed by atoms with van der Waals surface area (Å²) in [6, 6.07) is 9.02. The fourth-order valence-electron chi connectivity index (χ4n) is 1.29. The van der Waals surface area contributed by atoms with Crippen molar-refractivity contribution in [2.24, 2.45) is 0 Å². The molecule has 5 nitrogen and oxygen atoms in total. The first-order valence-electron chi connectivity index (χ1n) is 4.40. The van der Waals surface area contributed by atoms with Crippen LogP contribution in [0, 0.1) is 0 Å². The summed E-state index contributed by atoms with van der Waals surface area (Å²) < 4.78 is 5.83. The minimum atomic E-state index is -0.578. The van der Waals surface area contributed by atoms with E-state index in [2.05, 4.69) is 9.79 Å². The Balaban J connectivity index is 2.49. The second-order valence-corrected chi connectivity index (χ2v) is 2.93. The molecule has 0 radical (unpaired) electrons. The van der Waals surface area contributed by atoms with Gasteiger partial charge in [0.15, 0.2) is 5.95 Å². The Morgan fingerprint density at radius 1 is 1.40 bits per heavy atom. The molecule has 1 aromatic carbocycles. The van der Waals surface area contributed by atoms with E-state index in [1.807, 2.05) is 18.2 Å². The number of para-hydroxylation sites is 1. The molecule has 2 rings (SSSR count). The molecule has 0 aliphatic rings. The number of rotatable bonds is 3. The Hall–Kier alpha value is -2.17. The Morgan fingerprint density at radius 2 is 2.13 bits per heavy atom. The van der Waals surface area contributed by atoms with Gasteiger partial charge in [-0.3, -0.25) is 0 Å². The third-order valence-corrected chi connectivity index (χ3v) is 1.97. The number of nitrogens with zero attached hydrogens (tertiary/aromatic N) is 2. The van der Waals surface area contributed by atoms with E-state index in [1.54, 1.807) is 12.1 Å². The number of hydrogen-bond donors (Lipinski definition) is 0. The first-order valence-corrected chi connectivity index (χ1v) is 4.40. The summed E-state index contributed by atoms with van der Waals surface area (Å²) in [5, 5.41) is 14.8. The van der Waals surface area contributed by atoms with Crippen LogP contribution in [-0.4, -0.2) is 11.6 Å². The second-order valence-electron chi connectivity index (χ2n) is 2.93. The Kier molecular flexibility index (Phi) is 2.45. The smallest absolute Gasteiger partial charge is 0.247 e. The molecule has 0 spiro atoms. The molecule has 0 aliphatic carbocycles. The maximum absolute atomic E-state index is 11.2. The monoisotopic (exact) mass is 204 g/mol. The van der Waals surface area contributed by atoms with Gasteiger partial charge in [0, 0.05) is 12.1 Å². The number of aldehydes is 1. The zero-order valence-corrected chi connectivity index (χ0v) is 7.79. The molecule has 0 unspecified atom stereocenters. The molecule has 0 aliphatic heterocycles. The molecule has 0 saturated carbocycles. The van der Waals surface area contributed by atoms with Crippen LogP contribution in [-0.2, 0) is 11.2 Å². The number of aromatic nitrogens is 2. The standard InChI is InChI=1S/C10H8N2O3/c13-7-6-9-10(14)15-11-12(9)8-4-2-1-3-5-8/h1-5,7H,6H2. The van der Waals surface area contributed by atoms with Crippen molar-refractivity contribution in [2.45, 2.75) is 6.42 Å². The normalized spacial score (nSPS) is 10.1. The van der Waals surface area contributed by atoms with E-state index in [0.717, 1.165) is 0 Å². The molecule has 0 saturated heterocycles. The summed E-state index contributed by atoms with van der Waals surface area (Å²) in [7, 11) is 0. The van der Waals surface area contributed by atoms with Crippen LogP contribution in [0.15, 0.2) is 34.9 Å². The molecule has 0 fully saturated rings. The van der Waals surface area contributed by atoms with Crippen molar-refractivity contribution in [3.63, 3.8) is 0 Å². The van der Waals surface area contributed by atoms with Crippen molar-refractivity contribution in [3.8, 4) is 11.6 Å². The van der Waals surface area contributed by atoms with Crippen LogP contribution in [0.5, 0.6) is 5.95 Å². The van der Waals surface area contributed by atoms with Gasteiger partial charge in [-0.25, -0.2) is 0 Å². The fourth-order valence-corrected chi connectivity index (χ4v) is 1.29. The van der Waals surface area contributed by atoms with Crippen LogP contribution in [0.4, 0.5) is 0 Å². The van der Waals surface area contributed by atoms with Gasteiger partial charge in [0.2, 0.25) is 11.4 Å². The van der Waals surface area contributed by atoms with Gasteiger partial charge >= 0.3 is 0 Å². The first-order chi connectivity index (χ1) is 7.33. The van der Waals surface area contributed by atoms with E-state index in [9.17, 15) is 9.90 Å². The minimum absolute atomic E-state index is 0.00275. The van der Waals surface area contributed by atoms with Crippen molar-refractivity contribution in [1.29, 1.82) is 0 Å². The molecule has 0 bridgehead atoms. The average Bonchev–Trinajstić information content (AvgIpc) is 2.63. The quantitative estimate of drug-likeness (QED) is 0.511. The van der Waals surface area contributed by atoms with Crippen molar-refractivity contribution in [3.05, 3.63) is 36.0 Å². The maximum atomic E-state index is 11.2. The Bertz CT molecular complexity index is 465. The van der Waals surface area contributed by atoms with Crippen LogP contribution in [0.2, 0.25) is 0 Å². The molecule has 76 valence electrons. The highest BCUT2D eigenvalue weighted by Gasteiger charge is 2.18. The van der Waals surface area contributed by atoms with Crippen LogP contribution in [0.25, 0.3) is 5.69 Å². The summed E-state index contributed by atoms with van der Waals surface area (Å²) in [6.07, 6.45) is 0.643. The molecule has 15 heavy (non-hydrogen) atoms. The summed E-state index contributed by atoms with van der Waals surface area (Å²) in [4.78, 5) is 10.4. The van der Waals surface area contributed by atoms with E-state index in [4.69, 9.17) is 0 Å². The van der Waals surface area contributed by atoms with Crippen molar-refractivity contribution in [1.82, 2.24) is 5.27 Å². The maximum Gasteiger partial charge on any atom is 0.247 e. The van der Waals surface area contributed by atoms with E-state index < -0.39 is 5.95 Å². The highest BCUT2D eigenvalue weighted by Crippen LogP contribution is 2.09. The lowest BCUT2D eigenvalue weighted by atomic mass is 10.3. The molecule has 0 atom stereocenters. The number of carbonyl (C=O) groups excluding carboxylic acids is 1. The lowest BCUT2D eigenvalue weighted by Gasteiger charge is -1.92. The molecular weight excluding hydrogens is 196 g/mol. The minimum Gasteiger partial charge on any atom is -0.539 e. The topological polar surface area (TPSA) is 70.0 Å². The van der Waals surface area contributed by atoms with Crippen LogP contribution in [0.3, 0.4) is 0 Å². The van der Waals surface area contributed by atoms with Crippen molar-refractivity contribution in [2.75, 3.05) is 0 Å². The molecule has 5 heteroatoms. The third kappa shape index (κ3) is 1.71. The van der Waals surface area contributed by atoms with Gasteiger partial charge in [0.25, 0.3) is 0 Å². The number of benzene rings is 1. The third-order valence-electron chi connectivity index (χ3n) is 1.97. The van der Waals surface area contributed by atoms with E-state index in [-0.39, 0.29) is 12.1 Å². The van der Waals surface area contributed by atoms with Gasteiger partial charge in [-0.1, -0.05) is 18.2 Å². The second kappa shape index (κ2) is 3.91. The van der Waals surface area contributed by atoms with Gasteiger partial charge < -0.3 is 14.4 Å². The predicted molar refractivity (Wildman–Crippen MR) is 47.2 cm³/mol. The molecule has 1 heterocycles. The molecule has 0 N–H and O–H groups in total. The molecule has 2 aromatic rings. The van der Waals surface area contributed by atoms with Gasteiger partial charge in [-0.15, -0.1) is 0 Å². The van der Waals surface area contributed by atoms with Gasteiger partial charge in [-0.05, 0) is 4.68 Å². The van der Waals surface area contributed by atoms with E-state index >= 15 is 0 Å². The fraction of sp³-hybridized carbons (Fsp3) is 0.100. The summed E-state index contributed by atoms with van der Waals surface area (Å²) in [5.41, 5.74) is 0.927. The average molecular weight is 204 g/mol. The van der Waals surface area contributed by atoms with Gasteiger partial charge in [0.1, 0.15) is 6.29 Å². The first kappa shape index (κ1) is 9.39. The predicted octanol–water partition coefficient (Wildman–Crippen LogP) is -0.234. The largest absolute Gasteiger partial charge is 0.539 e. The Labute approximate surface area is 85.5 Å². The van der Waals surface area contributed by atoms with Gasteiger partial charge in [-0.2, -0.15) is 0 Å². The highest BCUT2D eigenvalue weighted by atomic mass is 16.6. The van der Waals surface area contributed by atoms with E-state index in [0.29, 0.717) is 12.0 Å². The zero-order valence-electron chi connectivity index (χ0n) is 7.79. The van der Waals surface area contributed by atoms with Gasteiger partial charge in [0.05, 0.1) is 11.7 Å². The molecule has 0 amide bonds. The van der Waals surface area contributed by atoms with Crippen LogP contribution in [0.1, 0.15) is 5.69 Å². The van der Waals surface area contributed by atoms with E-state index in [1.165, 1.54) is 4.68 Å². The molecule has 1 aromatic heterocycles. The number of carbonyl (C=O) groups is 1. The summed E-state index contributed by atoms with van der Waals surface area (Å²) in [6.45, 7) is 0.